The van der Waals surface area contributed by atoms with E-state index in [2.05, 4.69) is 36.0 Å². The van der Waals surface area contributed by atoms with Crippen LogP contribution in [-0.4, -0.2) is 44.0 Å². The summed E-state index contributed by atoms with van der Waals surface area (Å²) in [4.78, 5) is 8.06. The van der Waals surface area contributed by atoms with Crippen molar-refractivity contribution in [2.24, 2.45) is 0 Å². The third kappa shape index (κ3) is 3.93. The molecule has 1 aromatic heterocycles. The number of rotatable bonds is 5. The fourth-order valence-corrected chi connectivity index (χ4v) is 4.47. The maximum Gasteiger partial charge on any atom is 0.185 e. The monoisotopic (exact) mass is 317 g/mol. The SMILES string of the molecule is CCc1nc(N2CCS(=O)(=O)CC2)sc1CNC(C)C. The van der Waals surface area contributed by atoms with Crippen LogP contribution in [0.5, 0.6) is 0 Å². The first kappa shape index (κ1) is 15.7. The van der Waals surface area contributed by atoms with Crippen molar-refractivity contribution in [1.29, 1.82) is 0 Å². The number of aryl methyl sites for hydroxylation is 1. The smallest absolute Gasteiger partial charge is 0.185 e. The lowest BCUT2D eigenvalue weighted by Crippen LogP contribution is -2.40. The Hall–Kier alpha value is -0.660. The van der Waals surface area contributed by atoms with Crippen molar-refractivity contribution in [3.8, 4) is 0 Å². The Morgan fingerprint density at radius 2 is 2.00 bits per heavy atom. The van der Waals surface area contributed by atoms with Crippen LogP contribution in [0.15, 0.2) is 0 Å². The Kier molecular flexibility index (Phi) is 5.04. The standard InChI is InChI=1S/C13H23N3O2S2/c1-4-11-12(9-14-10(2)3)19-13(15-11)16-5-7-20(17,18)8-6-16/h10,14H,4-9H2,1-3H3. The van der Waals surface area contributed by atoms with Crippen LogP contribution < -0.4 is 10.2 Å². The largest absolute Gasteiger partial charge is 0.346 e. The predicted molar refractivity (Wildman–Crippen MR) is 84.3 cm³/mol. The van der Waals surface area contributed by atoms with Gasteiger partial charge < -0.3 is 10.2 Å². The van der Waals surface area contributed by atoms with Crippen molar-refractivity contribution in [3.63, 3.8) is 0 Å². The van der Waals surface area contributed by atoms with Crippen molar-refractivity contribution in [3.05, 3.63) is 10.6 Å². The van der Waals surface area contributed by atoms with Gasteiger partial charge in [-0.1, -0.05) is 20.8 Å². The lowest BCUT2D eigenvalue weighted by atomic mass is 10.3. The maximum atomic E-state index is 11.5. The summed E-state index contributed by atoms with van der Waals surface area (Å²) in [6, 6.07) is 0.449. The Balaban J connectivity index is 2.09. The van der Waals surface area contributed by atoms with Crippen LogP contribution in [0.1, 0.15) is 31.3 Å². The lowest BCUT2D eigenvalue weighted by molar-refractivity contribution is 0.586. The molecule has 0 amide bonds. The number of nitrogens with zero attached hydrogens (tertiary/aromatic N) is 2. The quantitative estimate of drug-likeness (QED) is 0.890. The molecule has 1 aromatic rings. The highest BCUT2D eigenvalue weighted by molar-refractivity contribution is 7.91. The zero-order chi connectivity index (χ0) is 14.8. The van der Waals surface area contributed by atoms with Gasteiger partial charge in [-0.25, -0.2) is 13.4 Å². The van der Waals surface area contributed by atoms with E-state index < -0.39 is 9.84 Å². The summed E-state index contributed by atoms with van der Waals surface area (Å²) in [7, 11) is -2.83. The van der Waals surface area contributed by atoms with E-state index >= 15 is 0 Å². The topological polar surface area (TPSA) is 62.3 Å². The average molecular weight is 317 g/mol. The molecule has 1 aliphatic rings. The van der Waals surface area contributed by atoms with Crippen LogP contribution in [-0.2, 0) is 22.8 Å². The van der Waals surface area contributed by atoms with Gasteiger partial charge in [0.15, 0.2) is 15.0 Å². The number of thiazole rings is 1. The third-order valence-electron chi connectivity index (χ3n) is 3.39. The summed E-state index contributed by atoms with van der Waals surface area (Å²) < 4.78 is 23.0. The first-order valence-corrected chi connectivity index (χ1v) is 9.72. The second kappa shape index (κ2) is 6.41. The highest BCUT2D eigenvalue weighted by Gasteiger charge is 2.24. The molecule has 0 radical (unpaired) electrons. The summed E-state index contributed by atoms with van der Waals surface area (Å²) in [5.41, 5.74) is 1.13. The zero-order valence-electron chi connectivity index (χ0n) is 12.3. The molecule has 0 spiro atoms. The molecule has 0 atom stereocenters. The van der Waals surface area contributed by atoms with Crippen LogP contribution in [0, 0.1) is 0 Å². The van der Waals surface area contributed by atoms with Gasteiger partial charge in [0.25, 0.3) is 0 Å². The van der Waals surface area contributed by atoms with E-state index in [0.717, 1.165) is 23.8 Å². The molecular formula is C13H23N3O2S2. The highest BCUT2D eigenvalue weighted by Crippen LogP contribution is 2.28. The van der Waals surface area contributed by atoms with Crippen LogP contribution in [0.2, 0.25) is 0 Å². The molecule has 0 unspecified atom stereocenters. The first-order chi connectivity index (χ1) is 9.41. The van der Waals surface area contributed by atoms with Crippen molar-refractivity contribution in [1.82, 2.24) is 10.3 Å². The van der Waals surface area contributed by atoms with E-state index in [9.17, 15) is 8.42 Å². The summed E-state index contributed by atoms with van der Waals surface area (Å²) in [5.74, 6) is 0.487. The molecule has 0 aromatic carbocycles. The Labute approximate surface area is 125 Å². The van der Waals surface area contributed by atoms with E-state index in [4.69, 9.17) is 0 Å². The Morgan fingerprint density at radius 1 is 1.35 bits per heavy atom. The molecule has 0 bridgehead atoms. The van der Waals surface area contributed by atoms with Gasteiger partial charge in [0, 0.05) is 30.6 Å². The highest BCUT2D eigenvalue weighted by atomic mass is 32.2. The Bertz CT molecular complexity index is 538. The van der Waals surface area contributed by atoms with Crippen molar-refractivity contribution in [2.45, 2.75) is 39.8 Å². The first-order valence-electron chi connectivity index (χ1n) is 7.08. The zero-order valence-corrected chi connectivity index (χ0v) is 14.0. The fourth-order valence-electron chi connectivity index (χ4n) is 2.12. The van der Waals surface area contributed by atoms with E-state index in [1.807, 2.05) is 0 Å². The summed E-state index contributed by atoms with van der Waals surface area (Å²) in [5, 5.41) is 4.39. The molecule has 5 nitrogen and oxygen atoms in total. The molecule has 7 heteroatoms. The van der Waals surface area contributed by atoms with Crippen molar-refractivity contribution < 1.29 is 8.42 Å². The van der Waals surface area contributed by atoms with E-state index in [0.29, 0.717) is 19.1 Å². The average Bonchev–Trinajstić information content (AvgIpc) is 2.79. The van der Waals surface area contributed by atoms with Crippen LogP contribution in [0.4, 0.5) is 5.13 Å². The predicted octanol–water partition coefficient (Wildman–Crippen LogP) is 1.44. The second-order valence-electron chi connectivity index (χ2n) is 5.39. The molecule has 2 rings (SSSR count). The number of hydrogen-bond donors (Lipinski definition) is 1. The lowest BCUT2D eigenvalue weighted by Gasteiger charge is -2.25. The van der Waals surface area contributed by atoms with Crippen molar-refractivity contribution >= 4 is 26.3 Å². The van der Waals surface area contributed by atoms with Gasteiger partial charge in [0.2, 0.25) is 0 Å². The molecule has 0 aliphatic carbocycles. The fraction of sp³-hybridized carbons (Fsp3) is 0.769. The van der Waals surface area contributed by atoms with Gasteiger partial charge in [-0.3, -0.25) is 0 Å². The molecule has 0 saturated carbocycles. The van der Waals surface area contributed by atoms with E-state index in [-0.39, 0.29) is 11.5 Å². The van der Waals surface area contributed by atoms with E-state index in [1.165, 1.54) is 4.88 Å². The summed E-state index contributed by atoms with van der Waals surface area (Å²) in [6.07, 6.45) is 0.914. The molecule has 20 heavy (non-hydrogen) atoms. The number of anilines is 1. The van der Waals surface area contributed by atoms with Gasteiger partial charge in [-0.05, 0) is 6.42 Å². The van der Waals surface area contributed by atoms with Crippen LogP contribution in [0.25, 0.3) is 0 Å². The van der Waals surface area contributed by atoms with Gasteiger partial charge in [-0.2, -0.15) is 0 Å². The van der Waals surface area contributed by atoms with Gasteiger partial charge >= 0.3 is 0 Å². The summed E-state index contributed by atoms with van der Waals surface area (Å²) in [6.45, 7) is 8.33. The number of sulfone groups is 1. The van der Waals surface area contributed by atoms with Gasteiger partial charge in [-0.15, -0.1) is 11.3 Å². The molecule has 1 saturated heterocycles. The minimum atomic E-state index is -2.83. The van der Waals surface area contributed by atoms with Crippen LogP contribution in [0.3, 0.4) is 0 Å². The number of aromatic nitrogens is 1. The minimum absolute atomic E-state index is 0.244. The van der Waals surface area contributed by atoms with Crippen molar-refractivity contribution in [2.75, 3.05) is 29.5 Å². The number of nitrogens with one attached hydrogen (secondary N) is 1. The second-order valence-corrected chi connectivity index (χ2v) is 8.76. The molecular weight excluding hydrogens is 294 g/mol. The van der Waals surface area contributed by atoms with Gasteiger partial charge in [0.05, 0.1) is 17.2 Å². The summed E-state index contributed by atoms with van der Waals surface area (Å²) >= 11 is 1.69. The maximum absolute atomic E-state index is 11.5. The normalized spacial score (nSPS) is 18.7. The molecule has 2 heterocycles. The Morgan fingerprint density at radius 3 is 2.55 bits per heavy atom. The van der Waals surface area contributed by atoms with Crippen LogP contribution >= 0.6 is 11.3 Å². The minimum Gasteiger partial charge on any atom is -0.346 e. The number of hydrogen-bond acceptors (Lipinski definition) is 6. The molecule has 1 fully saturated rings. The molecule has 1 aliphatic heterocycles. The third-order valence-corrected chi connectivity index (χ3v) is 6.16. The molecule has 114 valence electrons. The van der Waals surface area contributed by atoms with Gasteiger partial charge in [0.1, 0.15) is 0 Å². The molecule has 1 N–H and O–H groups in total. The van der Waals surface area contributed by atoms with E-state index in [1.54, 1.807) is 11.3 Å².